The molecule has 2 atom stereocenters. The summed E-state index contributed by atoms with van der Waals surface area (Å²) in [6.45, 7) is 11.6. The second-order valence-corrected chi connectivity index (χ2v) is 9.24. The van der Waals surface area contributed by atoms with Crippen LogP contribution in [-0.2, 0) is 0 Å². The van der Waals surface area contributed by atoms with Gasteiger partial charge in [-0.1, -0.05) is 0 Å². The molecule has 1 aromatic carbocycles. The molecular weight excluding hydrogens is 433 g/mol. The highest BCUT2D eigenvalue weighted by Gasteiger charge is 2.25. The van der Waals surface area contributed by atoms with Gasteiger partial charge in [0.1, 0.15) is 11.0 Å². The van der Waals surface area contributed by atoms with Gasteiger partial charge in [0.25, 0.3) is 5.91 Å². The Kier molecular flexibility index (Phi) is 5.44. The van der Waals surface area contributed by atoms with Crippen molar-refractivity contribution < 1.29 is 9.18 Å². The molecule has 176 valence electrons. The lowest BCUT2D eigenvalue weighted by molar-refractivity contribution is 0.102. The summed E-state index contributed by atoms with van der Waals surface area (Å²) in [5, 5.41) is 6.37. The Morgan fingerprint density at radius 1 is 1.03 bits per heavy atom. The summed E-state index contributed by atoms with van der Waals surface area (Å²) < 4.78 is 16.1. The Balaban J connectivity index is 1.56. The molecular formula is C25H28FN7O. The molecule has 1 fully saturated rings. The smallest absolute Gasteiger partial charge is 0.257 e. The molecule has 34 heavy (non-hydrogen) atoms. The molecule has 5 rings (SSSR count). The molecule has 1 aliphatic heterocycles. The van der Waals surface area contributed by atoms with Gasteiger partial charge in [0.05, 0.1) is 34.0 Å². The summed E-state index contributed by atoms with van der Waals surface area (Å²) in [6.07, 6.45) is 3.36. The van der Waals surface area contributed by atoms with Gasteiger partial charge in [-0.2, -0.15) is 0 Å². The van der Waals surface area contributed by atoms with Crippen LogP contribution in [0.3, 0.4) is 0 Å². The molecule has 0 spiro atoms. The topological polar surface area (TPSA) is 87.5 Å². The van der Waals surface area contributed by atoms with Crippen LogP contribution < -0.4 is 15.5 Å². The number of halogens is 1. The van der Waals surface area contributed by atoms with E-state index in [-0.39, 0.29) is 11.6 Å². The van der Waals surface area contributed by atoms with Crippen LogP contribution in [0.25, 0.3) is 16.7 Å². The summed E-state index contributed by atoms with van der Waals surface area (Å²) in [6, 6.07) is 5.66. The van der Waals surface area contributed by atoms with Gasteiger partial charge in [-0.25, -0.2) is 19.3 Å². The van der Waals surface area contributed by atoms with Crippen LogP contribution in [0.2, 0.25) is 0 Å². The van der Waals surface area contributed by atoms with E-state index in [0.29, 0.717) is 40.1 Å². The van der Waals surface area contributed by atoms with Crippen LogP contribution >= 0.6 is 0 Å². The van der Waals surface area contributed by atoms with Gasteiger partial charge in [0.2, 0.25) is 0 Å². The molecule has 2 N–H and O–H groups in total. The quantitative estimate of drug-likeness (QED) is 0.483. The van der Waals surface area contributed by atoms with E-state index < -0.39 is 5.82 Å². The number of amides is 1. The molecule has 1 saturated heterocycles. The maximum absolute atomic E-state index is 14.5. The molecule has 1 amide bonds. The third-order valence-electron chi connectivity index (χ3n) is 6.24. The van der Waals surface area contributed by atoms with Gasteiger partial charge in [-0.15, -0.1) is 0 Å². The predicted molar refractivity (Wildman–Crippen MR) is 131 cm³/mol. The number of benzene rings is 1. The van der Waals surface area contributed by atoms with Crippen LogP contribution in [-0.4, -0.2) is 50.4 Å². The lowest BCUT2D eigenvalue weighted by atomic mass is 10.1. The number of fused-ring (bicyclic) bond motifs is 2. The van der Waals surface area contributed by atoms with Crippen LogP contribution in [0.1, 0.15) is 41.3 Å². The Hall–Kier alpha value is -3.59. The van der Waals surface area contributed by atoms with Crippen molar-refractivity contribution >= 4 is 34.0 Å². The molecule has 0 radical (unpaired) electrons. The van der Waals surface area contributed by atoms with Gasteiger partial charge in [-0.3, -0.25) is 4.79 Å². The van der Waals surface area contributed by atoms with Gasteiger partial charge in [-0.05, 0) is 46.8 Å². The monoisotopic (exact) mass is 461 g/mol. The fourth-order valence-corrected chi connectivity index (χ4v) is 4.70. The number of hydrogen-bond donors (Lipinski definition) is 2. The molecule has 0 aliphatic carbocycles. The molecule has 9 heteroatoms. The van der Waals surface area contributed by atoms with E-state index in [9.17, 15) is 9.18 Å². The van der Waals surface area contributed by atoms with Crippen molar-refractivity contribution in [3.05, 3.63) is 59.1 Å². The van der Waals surface area contributed by atoms with Crippen LogP contribution in [0.15, 0.2) is 30.6 Å². The van der Waals surface area contributed by atoms with E-state index in [1.807, 2.05) is 19.9 Å². The lowest BCUT2D eigenvalue weighted by Gasteiger charge is -2.38. The summed E-state index contributed by atoms with van der Waals surface area (Å²) in [5.41, 5.74) is 5.44. The van der Waals surface area contributed by atoms with E-state index in [1.165, 1.54) is 6.07 Å². The molecule has 0 saturated carbocycles. The Labute approximate surface area is 197 Å². The molecule has 1 aliphatic rings. The second kappa shape index (κ2) is 8.32. The standard InChI is InChI=1S/C25H28FN7O/c1-13-9-32(10-14(2)27-13)21-7-6-19(22-23(21)30-17(5)16(4)29-22)25(34)31-18-8-20(26)24-28-15(3)11-33(24)12-18/h6-8,11-14,27H,9-10H2,1-5H3,(H,31,34)/t13-,14-/m1/s1. The number of carbonyl (C=O) groups excluding carboxylic acids is 1. The minimum Gasteiger partial charge on any atom is -0.367 e. The summed E-state index contributed by atoms with van der Waals surface area (Å²) in [7, 11) is 0. The van der Waals surface area contributed by atoms with Crippen molar-refractivity contribution in [3.8, 4) is 0 Å². The van der Waals surface area contributed by atoms with Crippen molar-refractivity contribution in [1.82, 2.24) is 24.7 Å². The van der Waals surface area contributed by atoms with Gasteiger partial charge in [0, 0.05) is 43.6 Å². The zero-order chi connectivity index (χ0) is 24.1. The van der Waals surface area contributed by atoms with Gasteiger partial charge >= 0.3 is 0 Å². The first-order valence-corrected chi connectivity index (χ1v) is 11.4. The predicted octanol–water partition coefficient (Wildman–Crippen LogP) is 3.78. The maximum Gasteiger partial charge on any atom is 0.257 e. The highest BCUT2D eigenvalue weighted by Crippen LogP contribution is 2.30. The zero-order valence-corrected chi connectivity index (χ0v) is 20.0. The first-order chi connectivity index (χ1) is 16.2. The molecule has 4 aromatic rings. The third-order valence-corrected chi connectivity index (χ3v) is 6.24. The summed E-state index contributed by atoms with van der Waals surface area (Å²) >= 11 is 0. The largest absolute Gasteiger partial charge is 0.367 e. The Morgan fingerprint density at radius 3 is 2.41 bits per heavy atom. The van der Waals surface area contributed by atoms with Crippen LogP contribution in [0.4, 0.5) is 15.8 Å². The van der Waals surface area contributed by atoms with Crippen LogP contribution in [0.5, 0.6) is 0 Å². The van der Waals surface area contributed by atoms with Gasteiger partial charge < -0.3 is 19.9 Å². The second-order valence-electron chi connectivity index (χ2n) is 9.24. The Morgan fingerprint density at radius 2 is 1.71 bits per heavy atom. The SMILES string of the molecule is Cc1cn2cc(NC(=O)c3ccc(N4C[C@@H](C)N[C@H](C)C4)c4nc(C)c(C)nc34)cc(F)c2n1. The van der Waals surface area contributed by atoms with E-state index in [1.54, 1.807) is 29.8 Å². The van der Waals surface area contributed by atoms with Crippen molar-refractivity contribution in [3.63, 3.8) is 0 Å². The molecule has 3 aromatic heterocycles. The fraction of sp³-hybridized carbons (Fsp3) is 0.360. The average molecular weight is 462 g/mol. The number of imidazole rings is 1. The average Bonchev–Trinajstić information content (AvgIpc) is 3.14. The molecule has 0 unspecified atom stereocenters. The number of carbonyl (C=O) groups is 1. The Bertz CT molecular complexity index is 1420. The first-order valence-electron chi connectivity index (χ1n) is 11.4. The normalized spacial score (nSPS) is 18.6. The summed E-state index contributed by atoms with van der Waals surface area (Å²) in [5.74, 6) is -0.869. The van der Waals surface area contributed by atoms with Crippen molar-refractivity contribution in [2.45, 2.75) is 46.7 Å². The number of hydrogen-bond acceptors (Lipinski definition) is 6. The van der Waals surface area contributed by atoms with Crippen LogP contribution in [0, 0.1) is 26.6 Å². The minimum absolute atomic E-state index is 0.224. The van der Waals surface area contributed by atoms with Crippen molar-refractivity contribution in [2.75, 3.05) is 23.3 Å². The number of rotatable bonds is 3. The van der Waals surface area contributed by atoms with E-state index in [2.05, 4.69) is 34.4 Å². The van der Waals surface area contributed by atoms with Gasteiger partial charge in [0.15, 0.2) is 11.5 Å². The third kappa shape index (κ3) is 3.96. The highest BCUT2D eigenvalue weighted by atomic mass is 19.1. The maximum atomic E-state index is 14.5. The first kappa shape index (κ1) is 22.2. The molecule has 0 bridgehead atoms. The molecule has 4 heterocycles. The summed E-state index contributed by atoms with van der Waals surface area (Å²) in [4.78, 5) is 29.4. The zero-order valence-electron chi connectivity index (χ0n) is 20.0. The minimum atomic E-state index is -0.501. The van der Waals surface area contributed by atoms with Crippen molar-refractivity contribution in [2.24, 2.45) is 0 Å². The van der Waals surface area contributed by atoms with Crippen molar-refractivity contribution in [1.29, 1.82) is 0 Å². The number of nitrogens with one attached hydrogen (secondary N) is 2. The lowest BCUT2D eigenvalue weighted by Crippen LogP contribution is -2.54. The number of pyridine rings is 1. The number of aromatic nitrogens is 4. The molecule has 8 nitrogen and oxygen atoms in total. The highest BCUT2D eigenvalue weighted by molar-refractivity contribution is 6.13. The number of aryl methyl sites for hydroxylation is 3. The number of nitrogens with zero attached hydrogens (tertiary/aromatic N) is 5. The van der Waals surface area contributed by atoms with E-state index >= 15 is 0 Å². The van der Waals surface area contributed by atoms with E-state index in [4.69, 9.17) is 9.97 Å². The fourth-order valence-electron chi connectivity index (χ4n) is 4.70. The number of anilines is 2. The number of piperazine rings is 1. The van der Waals surface area contributed by atoms with E-state index in [0.717, 1.165) is 30.2 Å².